The van der Waals surface area contributed by atoms with Crippen LogP contribution in [0.15, 0.2) is 5.11 Å². The smallest absolute Gasteiger partial charge is 0.220 e. The van der Waals surface area contributed by atoms with Gasteiger partial charge in [0.05, 0.1) is 0 Å². The van der Waals surface area contributed by atoms with E-state index in [1.54, 1.807) is 0 Å². The van der Waals surface area contributed by atoms with Crippen LogP contribution in [0.1, 0.15) is 47.0 Å². The molecule has 5 nitrogen and oxygen atoms in total. The third-order valence-electron chi connectivity index (χ3n) is 3.04. The zero-order valence-electron chi connectivity index (χ0n) is 11.4. The van der Waals surface area contributed by atoms with Crippen molar-refractivity contribution in [3.8, 4) is 0 Å². The van der Waals surface area contributed by atoms with Crippen LogP contribution in [0.3, 0.4) is 0 Å². The van der Waals surface area contributed by atoms with Crippen LogP contribution in [-0.2, 0) is 4.79 Å². The minimum atomic E-state index is 0.108. The molecule has 5 heteroatoms. The molecule has 17 heavy (non-hydrogen) atoms. The van der Waals surface area contributed by atoms with Gasteiger partial charge in [0.25, 0.3) is 0 Å². The highest BCUT2D eigenvalue weighted by molar-refractivity contribution is 5.76. The van der Waals surface area contributed by atoms with Gasteiger partial charge in [0.2, 0.25) is 5.91 Å². The van der Waals surface area contributed by atoms with E-state index in [1.807, 2.05) is 0 Å². The molecular formula is C12H24N4O. The highest BCUT2D eigenvalue weighted by atomic mass is 16.1. The van der Waals surface area contributed by atoms with Gasteiger partial charge in [0.1, 0.15) is 0 Å². The predicted molar refractivity (Wildman–Crippen MR) is 69.5 cm³/mol. The van der Waals surface area contributed by atoms with E-state index in [2.05, 4.69) is 43.0 Å². The Morgan fingerprint density at radius 3 is 2.59 bits per heavy atom. The number of nitrogens with zero attached hydrogens (tertiary/aromatic N) is 3. The molecular weight excluding hydrogens is 216 g/mol. The van der Waals surface area contributed by atoms with Crippen molar-refractivity contribution in [1.29, 1.82) is 0 Å². The van der Waals surface area contributed by atoms with E-state index in [9.17, 15) is 4.79 Å². The zero-order valence-corrected chi connectivity index (χ0v) is 11.4. The highest BCUT2D eigenvalue weighted by Crippen LogP contribution is 2.27. The number of carbonyl (C=O) groups is 1. The van der Waals surface area contributed by atoms with Gasteiger partial charge in [0, 0.05) is 24.4 Å². The lowest BCUT2D eigenvalue weighted by Gasteiger charge is -2.26. The van der Waals surface area contributed by atoms with Crippen LogP contribution in [-0.4, -0.2) is 19.0 Å². The number of nitrogens with one attached hydrogen (secondary N) is 1. The molecule has 1 atom stereocenters. The summed E-state index contributed by atoms with van der Waals surface area (Å²) in [5.41, 5.74) is 8.24. The van der Waals surface area contributed by atoms with Crippen LogP contribution in [0.25, 0.3) is 10.4 Å². The number of amides is 1. The van der Waals surface area contributed by atoms with Crippen molar-refractivity contribution in [2.45, 2.75) is 47.0 Å². The second kappa shape index (κ2) is 7.96. The van der Waals surface area contributed by atoms with Gasteiger partial charge in [-0.25, -0.2) is 0 Å². The summed E-state index contributed by atoms with van der Waals surface area (Å²) in [6.45, 7) is 9.70. The van der Waals surface area contributed by atoms with Crippen molar-refractivity contribution in [2.24, 2.45) is 16.4 Å². The molecule has 98 valence electrons. The number of hydrogen-bond donors (Lipinski definition) is 1. The fourth-order valence-corrected chi connectivity index (χ4v) is 1.24. The molecule has 0 saturated heterocycles. The monoisotopic (exact) mass is 240 g/mol. The van der Waals surface area contributed by atoms with E-state index in [4.69, 9.17) is 5.53 Å². The number of azide groups is 1. The fourth-order valence-electron chi connectivity index (χ4n) is 1.24. The Hall–Kier alpha value is -1.22. The summed E-state index contributed by atoms with van der Waals surface area (Å²) in [7, 11) is 0. The molecule has 0 saturated carbocycles. The molecule has 1 N–H and O–H groups in total. The number of carbonyl (C=O) groups excluding carboxylic acids is 1. The Bertz CT molecular complexity index is 277. The molecule has 0 aliphatic rings. The summed E-state index contributed by atoms with van der Waals surface area (Å²) in [5, 5.41) is 6.33. The highest BCUT2D eigenvalue weighted by Gasteiger charge is 2.22. The molecule has 1 unspecified atom stereocenters. The lowest BCUT2D eigenvalue weighted by molar-refractivity contribution is -0.122. The van der Waals surface area contributed by atoms with E-state index in [0.717, 1.165) is 12.8 Å². The van der Waals surface area contributed by atoms with E-state index < -0.39 is 0 Å². The Balaban J connectivity index is 3.63. The van der Waals surface area contributed by atoms with Gasteiger partial charge in [-0.2, -0.15) is 0 Å². The van der Waals surface area contributed by atoms with Crippen LogP contribution < -0.4 is 5.32 Å². The van der Waals surface area contributed by atoms with Gasteiger partial charge in [-0.1, -0.05) is 32.8 Å². The average molecular weight is 240 g/mol. The predicted octanol–water partition coefficient (Wildman–Crippen LogP) is 3.27. The summed E-state index contributed by atoms with van der Waals surface area (Å²) >= 11 is 0. The van der Waals surface area contributed by atoms with Crippen LogP contribution in [0.5, 0.6) is 0 Å². The molecule has 0 fully saturated rings. The summed E-state index contributed by atoms with van der Waals surface area (Å²) in [6.07, 6.45) is 2.24. The van der Waals surface area contributed by atoms with Crippen molar-refractivity contribution < 1.29 is 4.79 Å². The zero-order chi connectivity index (χ0) is 13.3. The lowest BCUT2D eigenvalue weighted by Crippen LogP contribution is -2.29. The van der Waals surface area contributed by atoms with Crippen molar-refractivity contribution in [3.05, 3.63) is 10.4 Å². The molecule has 0 aromatic carbocycles. The minimum Gasteiger partial charge on any atom is -0.356 e. The first kappa shape index (κ1) is 15.8. The topological polar surface area (TPSA) is 77.9 Å². The first-order valence-electron chi connectivity index (χ1n) is 6.15. The van der Waals surface area contributed by atoms with E-state index in [-0.39, 0.29) is 11.3 Å². The maximum Gasteiger partial charge on any atom is 0.220 e. The van der Waals surface area contributed by atoms with Crippen LogP contribution in [0, 0.1) is 11.3 Å². The van der Waals surface area contributed by atoms with Gasteiger partial charge in [0.15, 0.2) is 0 Å². The number of rotatable bonds is 7. The number of hydrogen-bond acceptors (Lipinski definition) is 2. The molecule has 0 bridgehead atoms. The third-order valence-corrected chi connectivity index (χ3v) is 3.04. The Morgan fingerprint density at radius 1 is 1.41 bits per heavy atom. The summed E-state index contributed by atoms with van der Waals surface area (Å²) in [4.78, 5) is 14.3. The maximum absolute atomic E-state index is 11.6. The second-order valence-electron chi connectivity index (χ2n) is 5.48. The molecule has 0 aromatic rings. The molecule has 0 rings (SSSR count). The molecule has 0 heterocycles. The molecule has 0 aliphatic carbocycles. The minimum absolute atomic E-state index is 0.108. The maximum atomic E-state index is 11.6. The summed E-state index contributed by atoms with van der Waals surface area (Å²) in [5.74, 6) is 0.474. The van der Waals surface area contributed by atoms with Gasteiger partial charge in [-0.3, -0.25) is 4.79 Å². The second-order valence-corrected chi connectivity index (χ2v) is 5.48. The van der Waals surface area contributed by atoms with Crippen LogP contribution >= 0.6 is 0 Å². The third kappa shape index (κ3) is 8.57. The van der Waals surface area contributed by atoms with Crippen molar-refractivity contribution >= 4 is 5.91 Å². The van der Waals surface area contributed by atoms with Crippen molar-refractivity contribution in [1.82, 2.24) is 5.32 Å². The summed E-state index contributed by atoms with van der Waals surface area (Å²) in [6, 6.07) is 0. The van der Waals surface area contributed by atoms with Crippen LogP contribution in [0.2, 0.25) is 0 Å². The standard InChI is InChI=1S/C12H24N4O/c1-10(12(2,3)4)9-11(17)14-7-5-6-8-15-16-13/h10H,5-9H2,1-4H3,(H,14,17). The average Bonchev–Trinajstić information content (AvgIpc) is 2.21. The number of unbranched alkanes of at least 4 members (excludes halogenated alkanes) is 1. The van der Waals surface area contributed by atoms with E-state index in [1.165, 1.54) is 0 Å². The normalized spacial score (nSPS) is 12.7. The van der Waals surface area contributed by atoms with Gasteiger partial charge >= 0.3 is 0 Å². The summed E-state index contributed by atoms with van der Waals surface area (Å²) < 4.78 is 0. The molecule has 0 spiro atoms. The van der Waals surface area contributed by atoms with Crippen molar-refractivity contribution in [3.63, 3.8) is 0 Å². The van der Waals surface area contributed by atoms with Gasteiger partial charge in [-0.05, 0) is 29.7 Å². The van der Waals surface area contributed by atoms with Crippen molar-refractivity contribution in [2.75, 3.05) is 13.1 Å². The van der Waals surface area contributed by atoms with Gasteiger partial charge < -0.3 is 5.32 Å². The Kier molecular flexibility index (Phi) is 7.39. The molecule has 0 radical (unpaired) electrons. The van der Waals surface area contributed by atoms with Crippen LogP contribution in [0.4, 0.5) is 0 Å². The Labute approximate surface area is 104 Å². The molecule has 0 aliphatic heterocycles. The van der Waals surface area contributed by atoms with E-state index in [0.29, 0.717) is 25.4 Å². The molecule has 1 amide bonds. The first-order valence-corrected chi connectivity index (χ1v) is 6.15. The quantitative estimate of drug-likeness (QED) is 0.315. The lowest BCUT2D eigenvalue weighted by atomic mass is 9.80. The van der Waals surface area contributed by atoms with E-state index >= 15 is 0 Å². The SMILES string of the molecule is CC(CC(=O)NCCCCN=[N+]=[N-])C(C)(C)C. The fraction of sp³-hybridized carbons (Fsp3) is 0.917. The largest absolute Gasteiger partial charge is 0.356 e. The van der Waals surface area contributed by atoms with Gasteiger partial charge in [-0.15, -0.1) is 0 Å². The first-order chi connectivity index (χ1) is 7.88. The molecule has 0 aromatic heterocycles. The Morgan fingerprint density at radius 2 is 2.06 bits per heavy atom.